The van der Waals surface area contributed by atoms with Crippen molar-refractivity contribution in [3.63, 3.8) is 0 Å². The van der Waals surface area contributed by atoms with E-state index < -0.39 is 9.84 Å². The summed E-state index contributed by atoms with van der Waals surface area (Å²) in [5.74, 6) is 2.55. The van der Waals surface area contributed by atoms with Gasteiger partial charge in [0.15, 0.2) is 15.8 Å². The number of aliphatic imine (C=N–C) groups is 1. The van der Waals surface area contributed by atoms with E-state index in [1.54, 1.807) is 0 Å². The Balaban J connectivity index is 0.00000261. The highest BCUT2D eigenvalue weighted by atomic mass is 127. The van der Waals surface area contributed by atoms with Crippen LogP contribution in [-0.2, 0) is 16.3 Å². The van der Waals surface area contributed by atoms with Crippen molar-refractivity contribution in [1.29, 1.82) is 0 Å². The first-order valence-electron chi connectivity index (χ1n) is 9.32. The summed E-state index contributed by atoms with van der Waals surface area (Å²) >= 11 is 1.47. The number of aromatic nitrogens is 2. The third kappa shape index (κ3) is 6.14. The van der Waals surface area contributed by atoms with Gasteiger partial charge in [0.25, 0.3) is 0 Å². The summed E-state index contributed by atoms with van der Waals surface area (Å²) in [6.07, 6.45) is 1.60. The monoisotopic (exact) mass is 528 g/mol. The Kier molecular flexibility index (Phi) is 8.53. The average molecular weight is 528 g/mol. The Morgan fingerprint density at radius 3 is 2.59 bits per heavy atom. The van der Waals surface area contributed by atoms with Crippen molar-refractivity contribution < 1.29 is 8.42 Å². The van der Waals surface area contributed by atoms with E-state index in [1.807, 2.05) is 0 Å². The number of guanidine groups is 1. The third-order valence-corrected chi connectivity index (χ3v) is 7.44. The lowest BCUT2D eigenvalue weighted by molar-refractivity contribution is 0.371. The molecule has 0 spiro atoms. The first kappa shape index (κ1) is 22.6. The maximum absolute atomic E-state index is 11.6. The van der Waals surface area contributed by atoms with Crippen LogP contribution in [0.1, 0.15) is 26.1 Å². The average Bonchev–Trinajstić information content (AvgIpc) is 3.25. The van der Waals surface area contributed by atoms with E-state index in [-0.39, 0.29) is 35.6 Å². The minimum atomic E-state index is -2.84. The third-order valence-electron chi connectivity index (χ3n) is 4.78. The molecule has 3 rings (SSSR count). The van der Waals surface area contributed by atoms with Gasteiger partial charge in [0.05, 0.1) is 11.5 Å². The second-order valence-corrected chi connectivity index (χ2v) is 9.74. The Morgan fingerprint density at radius 1 is 1.30 bits per heavy atom. The van der Waals surface area contributed by atoms with Crippen LogP contribution in [0.25, 0.3) is 0 Å². The van der Waals surface area contributed by atoms with Crippen LogP contribution in [0.15, 0.2) is 4.99 Å². The first-order chi connectivity index (χ1) is 12.5. The van der Waals surface area contributed by atoms with E-state index in [1.165, 1.54) is 11.5 Å². The number of aryl methyl sites for hydroxylation is 1. The maximum atomic E-state index is 11.6. The smallest absolute Gasteiger partial charge is 0.205 e. The first-order valence-corrected chi connectivity index (χ1v) is 11.9. The number of sulfone groups is 1. The molecule has 2 saturated heterocycles. The number of nitrogens with one attached hydrogen (secondary N) is 1. The summed E-state index contributed by atoms with van der Waals surface area (Å²) < 4.78 is 27.6. The van der Waals surface area contributed by atoms with Gasteiger partial charge in [-0.15, -0.1) is 24.0 Å². The van der Waals surface area contributed by atoms with Gasteiger partial charge in [0.2, 0.25) is 5.13 Å². The van der Waals surface area contributed by atoms with Gasteiger partial charge in [0, 0.05) is 57.2 Å². The molecule has 11 heteroatoms. The molecular weight excluding hydrogens is 499 g/mol. The van der Waals surface area contributed by atoms with Crippen LogP contribution in [0, 0.1) is 5.92 Å². The van der Waals surface area contributed by atoms with E-state index in [4.69, 9.17) is 4.99 Å². The Bertz CT molecular complexity index is 731. The SMILES string of the molecule is CCNC(=NCC1CCS(=O)(=O)C1)N1CCN(c2nc(CC)ns2)CC1.I. The molecule has 2 aliphatic rings. The van der Waals surface area contributed by atoms with Crippen LogP contribution in [-0.4, -0.2) is 79.4 Å². The van der Waals surface area contributed by atoms with Gasteiger partial charge in [-0.05, 0) is 19.3 Å². The number of hydrogen-bond acceptors (Lipinski definition) is 7. The van der Waals surface area contributed by atoms with E-state index >= 15 is 0 Å². The fourth-order valence-corrected chi connectivity index (χ4v) is 5.93. The van der Waals surface area contributed by atoms with Crippen molar-refractivity contribution in [3.05, 3.63) is 5.82 Å². The van der Waals surface area contributed by atoms with Gasteiger partial charge in [-0.1, -0.05) is 6.92 Å². The second kappa shape index (κ2) is 10.2. The molecule has 154 valence electrons. The van der Waals surface area contributed by atoms with Gasteiger partial charge < -0.3 is 15.1 Å². The number of piperazine rings is 1. The summed E-state index contributed by atoms with van der Waals surface area (Å²) in [6, 6.07) is 0. The number of rotatable bonds is 5. The van der Waals surface area contributed by atoms with Crippen LogP contribution in [0.3, 0.4) is 0 Å². The Morgan fingerprint density at radius 2 is 2.04 bits per heavy atom. The predicted molar refractivity (Wildman–Crippen MR) is 121 cm³/mol. The molecule has 2 aliphatic heterocycles. The summed E-state index contributed by atoms with van der Waals surface area (Å²) in [4.78, 5) is 13.8. The summed E-state index contributed by atoms with van der Waals surface area (Å²) in [7, 11) is -2.84. The van der Waals surface area contributed by atoms with E-state index in [0.29, 0.717) is 12.3 Å². The number of hydrogen-bond donors (Lipinski definition) is 1. The van der Waals surface area contributed by atoms with Crippen molar-refractivity contribution in [2.75, 3.05) is 55.7 Å². The predicted octanol–water partition coefficient (Wildman–Crippen LogP) is 1.24. The van der Waals surface area contributed by atoms with Gasteiger partial charge in [-0.25, -0.2) is 13.4 Å². The van der Waals surface area contributed by atoms with E-state index in [2.05, 4.69) is 38.3 Å². The van der Waals surface area contributed by atoms with Crippen LogP contribution < -0.4 is 10.2 Å². The summed E-state index contributed by atoms with van der Waals surface area (Å²) in [6.45, 7) is 9.03. The van der Waals surface area contributed by atoms with Crippen LogP contribution >= 0.6 is 35.5 Å². The van der Waals surface area contributed by atoms with Crippen LogP contribution in [0.4, 0.5) is 5.13 Å². The molecule has 1 N–H and O–H groups in total. The molecule has 1 atom stereocenters. The summed E-state index contributed by atoms with van der Waals surface area (Å²) in [5.41, 5.74) is 0. The normalized spacial score (nSPS) is 22.6. The van der Waals surface area contributed by atoms with Crippen LogP contribution in [0.5, 0.6) is 0 Å². The number of anilines is 1. The zero-order valence-corrected chi connectivity index (χ0v) is 19.9. The standard InChI is InChI=1S/C16H28N6O2S2.HI/c1-3-14-19-16(25-20-14)22-8-6-21(7-9-22)15(17-4-2)18-11-13-5-10-26(23,24)12-13;/h13H,3-12H2,1-2H3,(H,17,18);1H. The van der Waals surface area contributed by atoms with Gasteiger partial charge in [-0.2, -0.15) is 4.37 Å². The quantitative estimate of drug-likeness (QED) is 0.350. The van der Waals surface area contributed by atoms with E-state index in [0.717, 1.165) is 62.5 Å². The molecule has 0 aromatic carbocycles. The molecule has 1 aromatic rings. The lowest BCUT2D eigenvalue weighted by atomic mass is 10.1. The van der Waals surface area contributed by atoms with Gasteiger partial charge >= 0.3 is 0 Å². The van der Waals surface area contributed by atoms with Crippen molar-refractivity contribution in [2.24, 2.45) is 10.9 Å². The lowest BCUT2D eigenvalue weighted by Gasteiger charge is -2.36. The second-order valence-electron chi connectivity index (χ2n) is 6.78. The lowest BCUT2D eigenvalue weighted by Crippen LogP contribution is -2.52. The minimum Gasteiger partial charge on any atom is -0.357 e. The zero-order valence-electron chi connectivity index (χ0n) is 15.9. The van der Waals surface area contributed by atoms with Crippen molar-refractivity contribution in [1.82, 2.24) is 19.6 Å². The molecule has 0 radical (unpaired) electrons. The highest BCUT2D eigenvalue weighted by Crippen LogP contribution is 2.20. The highest BCUT2D eigenvalue weighted by molar-refractivity contribution is 14.0. The molecule has 1 unspecified atom stereocenters. The largest absolute Gasteiger partial charge is 0.357 e. The van der Waals surface area contributed by atoms with Crippen LogP contribution in [0.2, 0.25) is 0 Å². The Labute approximate surface area is 182 Å². The fourth-order valence-electron chi connectivity index (χ4n) is 3.28. The minimum absolute atomic E-state index is 0. The van der Waals surface area contributed by atoms with E-state index in [9.17, 15) is 8.42 Å². The van der Waals surface area contributed by atoms with Gasteiger partial charge in [-0.3, -0.25) is 4.99 Å². The number of halogens is 1. The summed E-state index contributed by atoms with van der Waals surface area (Å²) in [5, 5.41) is 4.35. The number of nitrogens with zero attached hydrogens (tertiary/aromatic N) is 5. The fraction of sp³-hybridized carbons (Fsp3) is 0.812. The Hall–Kier alpha value is -0.690. The van der Waals surface area contributed by atoms with Crippen molar-refractivity contribution in [2.45, 2.75) is 26.7 Å². The molecular formula is C16H29IN6O2S2. The molecule has 27 heavy (non-hydrogen) atoms. The molecule has 2 fully saturated rings. The van der Waals surface area contributed by atoms with Crippen molar-refractivity contribution >= 4 is 56.4 Å². The molecule has 1 aromatic heterocycles. The molecule has 0 bridgehead atoms. The molecule has 0 amide bonds. The van der Waals surface area contributed by atoms with Crippen molar-refractivity contribution in [3.8, 4) is 0 Å². The zero-order chi connectivity index (χ0) is 18.6. The molecule has 0 aliphatic carbocycles. The molecule has 3 heterocycles. The molecule has 8 nitrogen and oxygen atoms in total. The highest BCUT2D eigenvalue weighted by Gasteiger charge is 2.28. The topological polar surface area (TPSA) is 90.8 Å². The van der Waals surface area contributed by atoms with Gasteiger partial charge in [0.1, 0.15) is 5.82 Å². The maximum Gasteiger partial charge on any atom is 0.205 e. The molecule has 0 saturated carbocycles.